The maximum Gasteiger partial charge on any atom is 0.264 e. The molecule has 0 fully saturated rings. The lowest BCUT2D eigenvalue weighted by atomic mass is 10.0. The standard InChI is InChI=1S/C16H14Cl2O4S/c17-13-7-8-15(18)14(10-13)16(19)12-5-3-11(4-6-12)2-1-9-23(20,21)22/h3-8,10H,1-2,9H2,(H,20,21,22). The molecule has 0 heterocycles. The Hall–Kier alpha value is -1.40. The summed E-state index contributed by atoms with van der Waals surface area (Å²) in [5.41, 5.74) is 1.67. The van der Waals surface area contributed by atoms with Crippen molar-refractivity contribution in [1.29, 1.82) is 0 Å². The van der Waals surface area contributed by atoms with Gasteiger partial charge in [-0.05, 0) is 36.6 Å². The van der Waals surface area contributed by atoms with Crippen LogP contribution in [0.25, 0.3) is 0 Å². The summed E-state index contributed by atoms with van der Waals surface area (Å²) < 4.78 is 30.0. The average molecular weight is 373 g/mol. The first-order valence-electron chi connectivity index (χ1n) is 6.80. The fourth-order valence-electron chi connectivity index (χ4n) is 2.11. The minimum atomic E-state index is -3.94. The number of benzene rings is 2. The van der Waals surface area contributed by atoms with Gasteiger partial charge in [-0.3, -0.25) is 9.35 Å². The molecule has 122 valence electrons. The van der Waals surface area contributed by atoms with Gasteiger partial charge < -0.3 is 0 Å². The second kappa shape index (κ2) is 7.45. The maximum atomic E-state index is 12.4. The summed E-state index contributed by atoms with van der Waals surface area (Å²) >= 11 is 11.9. The van der Waals surface area contributed by atoms with E-state index in [9.17, 15) is 13.2 Å². The summed E-state index contributed by atoms with van der Waals surface area (Å²) in [6.45, 7) is 0. The third kappa shape index (κ3) is 5.32. The Bertz CT molecular complexity index is 814. The van der Waals surface area contributed by atoms with Crippen molar-refractivity contribution in [2.45, 2.75) is 12.8 Å². The maximum absolute atomic E-state index is 12.4. The molecule has 0 spiro atoms. The van der Waals surface area contributed by atoms with Crippen LogP contribution in [0.4, 0.5) is 0 Å². The number of carbonyl (C=O) groups is 1. The van der Waals surface area contributed by atoms with Gasteiger partial charge in [0.1, 0.15) is 0 Å². The van der Waals surface area contributed by atoms with Crippen LogP contribution in [0.5, 0.6) is 0 Å². The molecule has 7 heteroatoms. The molecule has 0 saturated carbocycles. The molecule has 0 aliphatic heterocycles. The first-order chi connectivity index (χ1) is 10.8. The Labute approximate surface area is 144 Å². The SMILES string of the molecule is O=C(c1ccc(CCCS(=O)(=O)O)cc1)c1cc(Cl)ccc1Cl. The Balaban J connectivity index is 2.10. The second-order valence-electron chi connectivity index (χ2n) is 5.04. The number of carbonyl (C=O) groups excluding carboxylic acids is 1. The highest BCUT2D eigenvalue weighted by Gasteiger charge is 2.13. The van der Waals surface area contributed by atoms with E-state index in [-0.39, 0.29) is 11.5 Å². The Kier molecular flexibility index (Phi) is 5.81. The molecule has 0 atom stereocenters. The number of rotatable bonds is 6. The van der Waals surface area contributed by atoms with Gasteiger partial charge in [-0.15, -0.1) is 0 Å². The van der Waals surface area contributed by atoms with Gasteiger partial charge in [0.15, 0.2) is 5.78 Å². The molecule has 1 N–H and O–H groups in total. The predicted molar refractivity (Wildman–Crippen MR) is 91.1 cm³/mol. The molecular formula is C16H14Cl2O4S. The highest BCUT2D eigenvalue weighted by molar-refractivity contribution is 7.85. The average Bonchev–Trinajstić information content (AvgIpc) is 2.48. The van der Waals surface area contributed by atoms with Crippen molar-refractivity contribution < 1.29 is 17.8 Å². The molecule has 23 heavy (non-hydrogen) atoms. The van der Waals surface area contributed by atoms with Gasteiger partial charge in [-0.1, -0.05) is 47.5 Å². The molecule has 0 aromatic heterocycles. The molecule has 2 rings (SSSR count). The summed E-state index contributed by atoms with van der Waals surface area (Å²) in [4.78, 5) is 12.4. The van der Waals surface area contributed by atoms with Gasteiger partial charge >= 0.3 is 0 Å². The van der Waals surface area contributed by atoms with Crippen molar-refractivity contribution in [1.82, 2.24) is 0 Å². The first kappa shape index (κ1) is 17.9. The first-order valence-corrected chi connectivity index (χ1v) is 9.16. The van der Waals surface area contributed by atoms with Crippen molar-refractivity contribution >= 4 is 39.1 Å². The molecular weight excluding hydrogens is 359 g/mol. The van der Waals surface area contributed by atoms with Crippen molar-refractivity contribution in [3.63, 3.8) is 0 Å². The van der Waals surface area contributed by atoms with Crippen LogP contribution in [0.2, 0.25) is 10.0 Å². The van der Waals surface area contributed by atoms with Crippen LogP contribution < -0.4 is 0 Å². The van der Waals surface area contributed by atoms with Crippen molar-refractivity contribution in [2.75, 3.05) is 5.75 Å². The van der Waals surface area contributed by atoms with E-state index in [1.165, 1.54) is 6.07 Å². The van der Waals surface area contributed by atoms with Crippen molar-refractivity contribution in [2.24, 2.45) is 0 Å². The topological polar surface area (TPSA) is 71.4 Å². The lowest BCUT2D eigenvalue weighted by Crippen LogP contribution is -2.05. The van der Waals surface area contributed by atoms with E-state index < -0.39 is 10.1 Å². The van der Waals surface area contributed by atoms with E-state index in [1.807, 2.05) is 0 Å². The number of ketones is 1. The highest BCUT2D eigenvalue weighted by Crippen LogP contribution is 2.23. The minimum Gasteiger partial charge on any atom is -0.289 e. The molecule has 0 aliphatic carbocycles. The molecule has 0 amide bonds. The molecule has 0 aliphatic rings. The van der Waals surface area contributed by atoms with E-state index in [1.54, 1.807) is 36.4 Å². The van der Waals surface area contributed by atoms with Gasteiger partial charge in [0.25, 0.3) is 10.1 Å². The van der Waals surface area contributed by atoms with Gasteiger partial charge in [0, 0.05) is 16.1 Å². The van der Waals surface area contributed by atoms with Crippen LogP contribution in [-0.2, 0) is 16.5 Å². The quantitative estimate of drug-likeness (QED) is 0.613. The summed E-state index contributed by atoms with van der Waals surface area (Å²) in [6.07, 6.45) is 0.804. The van der Waals surface area contributed by atoms with Gasteiger partial charge in [0.05, 0.1) is 10.8 Å². The van der Waals surface area contributed by atoms with Crippen LogP contribution in [0.1, 0.15) is 27.9 Å². The lowest BCUT2D eigenvalue weighted by Gasteiger charge is -2.06. The predicted octanol–water partition coefficient (Wildman–Crippen LogP) is 4.04. The fraction of sp³-hybridized carbons (Fsp3) is 0.188. The second-order valence-corrected chi connectivity index (χ2v) is 7.46. The molecule has 2 aromatic rings. The van der Waals surface area contributed by atoms with Crippen LogP contribution in [0.15, 0.2) is 42.5 Å². The van der Waals surface area contributed by atoms with Crippen LogP contribution in [-0.4, -0.2) is 24.5 Å². The fourth-order valence-corrected chi connectivity index (χ4v) is 2.99. The molecule has 2 aromatic carbocycles. The minimum absolute atomic E-state index is 0.234. The van der Waals surface area contributed by atoms with Gasteiger partial charge in [0.2, 0.25) is 0 Å². The van der Waals surface area contributed by atoms with E-state index in [0.29, 0.717) is 34.0 Å². The Morgan fingerprint density at radius 2 is 1.70 bits per heavy atom. The van der Waals surface area contributed by atoms with E-state index in [4.69, 9.17) is 27.8 Å². The molecule has 0 bridgehead atoms. The smallest absolute Gasteiger partial charge is 0.264 e. The van der Waals surface area contributed by atoms with E-state index >= 15 is 0 Å². The van der Waals surface area contributed by atoms with Crippen LogP contribution in [0.3, 0.4) is 0 Å². The summed E-state index contributed by atoms with van der Waals surface area (Å²) in [5.74, 6) is -0.520. The van der Waals surface area contributed by atoms with Gasteiger partial charge in [-0.2, -0.15) is 8.42 Å². The molecule has 0 saturated heterocycles. The number of aryl methyl sites for hydroxylation is 1. The van der Waals surface area contributed by atoms with Crippen LogP contribution >= 0.6 is 23.2 Å². The lowest BCUT2D eigenvalue weighted by molar-refractivity contribution is 0.103. The van der Waals surface area contributed by atoms with Crippen molar-refractivity contribution in [3.05, 3.63) is 69.2 Å². The monoisotopic (exact) mass is 372 g/mol. The third-order valence-electron chi connectivity index (χ3n) is 3.26. The summed E-state index contributed by atoms with van der Waals surface area (Å²) in [7, 11) is -3.94. The highest BCUT2D eigenvalue weighted by atomic mass is 35.5. The Morgan fingerprint density at radius 3 is 2.30 bits per heavy atom. The third-order valence-corrected chi connectivity index (χ3v) is 4.63. The summed E-state index contributed by atoms with van der Waals surface area (Å²) in [6, 6.07) is 11.5. The zero-order valence-corrected chi connectivity index (χ0v) is 14.3. The number of halogens is 2. The normalized spacial score (nSPS) is 11.4. The number of hydrogen-bond acceptors (Lipinski definition) is 3. The van der Waals surface area contributed by atoms with Gasteiger partial charge in [-0.25, -0.2) is 0 Å². The van der Waals surface area contributed by atoms with E-state index in [0.717, 1.165) is 5.56 Å². The molecule has 0 unspecified atom stereocenters. The largest absolute Gasteiger partial charge is 0.289 e. The molecule has 4 nitrogen and oxygen atoms in total. The summed E-state index contributed by atoms with van der Waals surface area (Å²) in [5, 5.41) is 0.760. The van der Waals surface area contributed by atoms with Crippen LogP contribution in [0, 0.1) is 0 Å². The number of hydrogen-bond donors (Lipinski definition) is 1. The molecule has 0 radical (unpaired) electrons. The van der Waals surface area contributed by atoms with Crippen molar-refractivity contribution in [3.8, 4) is 0 Å². The Morgan fingerprint density at radius 1 is 1.04 bits per heavy atom. The zero-order valence-electron chi connectivity index (χ0n) is 12.0. The van der Waals surface area contributed by atoms with E-state index in [2.05, 4.69) is 0 Å². The zero-order chi connectivity index (χ0) is 17.0.